The van der Waals surface area contributed by atoms with Crippen molar-refractivity contribution in [2.75, 3.05) is 24.5 Å². The van der Waals surface area contributed by atoms with Gasteiger partial charge in [0.2, 0.25) is 5.91 Å². The number of primary amides is 1. The van der Waals surface area contributed by atoms with Gasteiger partial charge in [0, 0.05) is 18.5 Å². The summed E-state index contributed by atoms with van der Waals surface area (Å²) in [5.41, 5.74) is 5.25. The van der Waals surface area contributed by atoms with E-state index in [1.807, 2.05) is 0 Å². The lowest BCUT2D eigenvalue weighted by atomic mass is 10.1. The molecule has 0 bridgehead atoms. The molecular formula is C14H14F3N5O. The number of amides is 1. The normalized spacial score (nSPS) is 15.4. The van der Waals surface area contributed by atoms with Gasteiger partial charge in [0.1, 0.15) is 0 Å². The molecular weight excluding hydrogens is 311 g/mol. The van der Waals surface area contributed by atoms with Crippen LogP contribution in [0.5, 0.6) is 0 Å². The molecule has 0 aliphatic carbocycles. The first-order valence-electron chi connectivity index (χ1n) is 6.94. The van der Waals surface area contributed by atoms with Crippen LogP contribution in [-0.2, 0) is 11.0 Å². The molecule has 122 valence electrons. The maximum absolute atomic E-state index is 13.0. The molecule has 0 spiro atoms. The first-order valence-corrected chi connectivity index (χ1v) is 6.94. The number of alkyl halides is 3. The van der Waals surface area contributed by atoms with Crippen LogP contribution in [0.3, 0.4) is 0 Å². The van der Waals surface area contributed by atoms with Crippen molar-refractivity contribution in [3.63, 3.8) is 0 Å². The van der Waals surface area contributed by atoms with Crippen LogP contribution in [-0.4, -0.2) is 41.8 Å². The quantitative estimate of drug-likeness (QED) is 0.873. The number of fused-ring (bicyclic) bond motifs is 1. The predicted octanol–water partition coefficient (Wildman–Crippen LogP) is 0.912. The first kappa shape index (κ1) is 15.5. The zero-order chi connectivity index (χ0) is 16.6. The van der Waals surface area contributed by atoms with Crippen LogP contribution in [0, 0.1) is 0 Å². The minimum Gasteiger partial charge on any atom is -0.368 e. The van der Waals surface area contributed by atoms with Crippen LogP contribution in [0.4, 0.5) is 18.9 Å². The molecule has 1 aromatic carbocycles. The average molecular weight is 325 g/mol. The number of anilines is 1. The SMILES string of the molecule is NC(=O)CN(c1cnnc2ccc(C(F)(F)F)cc12)C1CNC1. The van der Waals surface area contributed by atoms with Crippen molar-refractivity contribution in [1.29, 1.82) is 0 Å². The number of nitrogens with two attached hydrogens (primary N) is 1. The molecule has 1 aliphatic heterocycles. The minimum atomic E-state index is -4.46. The highest BCUT2D eigenvalue weighted by Gasteiger charge is 2.32. The lowest BCUT2D eigenvalue weighted by Gasteiger charge is -2.39. The average Bonchev–Trinajstić information content (AvgIpc) is 2.42. The van der Waals surface area contributed by atoms with E-state index in [1.165, 1.54) is 12.3 Å². The largest absolute Gasteiger partial charge is 0.416 e. The topological polar surface area (TPSA) is 84.1 Å². The van der Waals surface area contributed by atoms with Gasteiger partial charge in [-0.3, -0.25) is 4.79 Å². The van der Waals surface area contributed by atoms with Crippen LogP contribution in [0.15, 0.2) is 24.4 Å². The van der Waals surface area contributed by atoms with Crippen molar-refractivity contribution < 1.29 is 18.0 Å². The second kappa shape index (κ2) is 5.65. The van der Waals surface area contributed by atoms with Crippen molar-refractivity contribution in [1.82, 2.24) is 15.5 Å². The Morgan fingerprint density at radius 1 is 1.39 bits per heavy atom. The lowest BCUT2D eigenvalue weighted by Crippen LogP contribution is -2.59. The van der Waals surface area contributed by atoms with E-state index in [9.17, 15) is 18.0 Å². The molecule has 3 rings (SSSR count). The second-order valence-electron chi connectivity index (χ2n) is 5.37. The van der Waals surface area contributed by atoms with E-state index < -0.39 is 17.6 Å². The Morgan fingerprint density at radius 2 is 2.13 bits per heavy atom. The lowest BCUT2D eigenvalue weighted by molar-refractivity contribution is -0.137. The number of hydrogen-bond donors (Lipinski definition) is 2. The molecule has 1 amide bonds. The number of nitrogens with zero attached hydrogens (tertiary/aromatic N) is 3. The highest BCUT2D eigenvalue weighted by Crippen LogP contribution is 2.34. The molecule has 1 aliphatic rings. The Hall–Kier alpha value is -2.42. The van der Waals surface area contributed by atoms with Gasteiger partial charge in [-0.15, -0.1) is 0 Å². The van der Waals surface area contributed by atoms with E-state index in [0.717, 1.165) is 12.1 Å². The third-order valence-electron chi connectivity index (χ3n) is 3.78. The fraction of sp³-hybridized carbons (Fsp3) is 0.357. The summed E-state index contributed by atoms with van der Waals surface area (Å²) in [6, 6.07) is 3.24. The van der Waals surface area contributed by atoms with E-state index in [-0.39, 0.29) is 12.6 Å². The molecule has 0 unspecified atom stereocenters. The monoisotopic (exact) mass is 325 g/mol. The molecule has 23 heavy (non-hydrogen) atoms. The molecule has 3 N–H and O–H groups in total. The third kappa shape index (κ3) is 3.04. The maximum atomic E-state index is 13.0. The molecule has 6 nitrogen and oxygen atoms in total. The van der Waals surface area contributed by atoms with E-state index in [1.54, 1.807) is 4.90 Å². The fourth-order valence-corrected chi connectivity index (χ4v) is 2.52. The molecule has 0 radical (unpaired) electrons. The van der Waals surface area contributed by atoms with Crippen LogP contribution < -0.4 is 16.0 Å². The number of hydrogen-bond acceptors (Lipinski definition) is 5. The molecule has 1 aromatic heterocycles. The van der Waals surface area contributed by atoms with Gasteiger partial charge in [0.15, 0.2) is 0 Å². The summed E-state index contributed by atoms with van der Waals surface area (Å²) in [5, 5.41) is 11.0. The Balaban J connectivity index is 2.12. The first-order chi connectivity index (χ1) is 10.9. The van der Waals surface area contributed by atoms with E-state index in [0.29, 0.717) is 29.7 Å². The van der Waals surface area contributed by atoms with Crippen LogP contribution >= 0.6 is 0 Å². The van der Waals surface area contributed by atoms with Crippen molar-refractivity contribution in [2.24, 2.45) is 5.73 Å². The van der Waals surface area contributed by atoms with Crippen molar-refractivity contribution in [3.05, 3.63) is 30.0 Å². The van der Waals surface area contributed by atoms with E-state index >= 15 is 0 Å². The van der Waals surface area contributed by atoms with Gasteiger partial charge in [0.05, 0.1) is 35.6 Å². The van der Waals surface area contributed by atoms with Crippen LogP contribution in [0.2, 0.25) is 0 Å². The summed E-state index contributed by atoms with van der Waals surface area (Å²) in [5.74, 6) is -0.561. The summed E-state index contributed by atoms with van der Waals surface area (Å²) in [6.07, 6.45) is -3.09. The summed E-state index contributed by atoms with van der Waals surface area (Å²) < 4.78 is 38.9. The summed E-state index contributed by atoms with van der Waals surface area (Å²) in [4.78, 5) is 13.0. The Morgan fingerprint density at radius 3 is 2.70 bits per heavy atom. The highest BCUT2D eigenvalue weighted by atomic mass is 19.4. The molecule has 1 fully saturated rings. The summed E-state index contributed by atoms with van der Waals surface area (Å²) in [7, 11) is 0. The van der Waals surface area contributed by atoms with Gasteiger partial charge in [-0.2, -0.15) is 23.4 Å². The van der Waals surface area contributed by atoms with Crippen LogP contribution in [0.25, 0.3) is 10.9 Å². The van der Waals surface area contributed by atoms with Crippen molar-refractivity contribution in [2.45, 2.75) is 12.2 Å². The molecule has 2 aromatic rings. The highest BCUT2D eigenvalue weighted by molar-refractivity contribution is 5.93. The molecule has 0 saturated carbocycles. The zero-order valence-corrected chi connectivity index (χ0v) is 12.0. The fourth-order valence-electron chi connectivity index (χ4n) is 2.52. The number of carbonyl (C=O) groups excluding carboxylic acids is 1. The smallest absolute Gasteiger partial charge is 0.368 e. The minimum absolute atomic E-state index is 0.0237. The van der Waals surface area contributed by atoms with Gasteiger partial charge in [-0.05, 0) is 18.2 Å². The molecule has 9 heteroatoms. The number of rotatable bonds is 4. The molecule has 2 heterocycles. The number of carbonyl (C=O) groups is 1. The Bertz CT molecular complexity index is 745. The second-order valence-corrected chi connectivity index (χ2v) is 5.37. The van der Waals surface area contributed by atoms with Gasteiger partial charge in [-0.25, -0.2) is 0 Å². The maximum Gasteiger partial charge on any atom is 0.416 e. The van der Waals surface area contributed by atoms with Gasteiger partial charge >= 0.3 is 6.18 Å². The zero-order valence-electron chi connectivity index (χ0n) is 12.0. The number of benzene rings is 1. The van der Waals surface area contributed by atoms with Gasteiger partial charge < -0.3 is 16.0 Å². The summed E-state index contributed by atoms with van der Waals surface area (Å²) in [6.45, 7) is 1.15. The van der Waals surface area contributed by atoms with Gasteiger partial charge in [0.25, 0.3) is 0 Å². The standard InChI is InChI=1S/C14H14F3N5O/c15-14(16,17)8-1-2-11-10(3-8)12(6-20-21-11)22(7-13(18)23)9-4-19-5-9/h1-3,6,9,19H,4-5,7H2,(H2,18,23). The molecule has 0 atom stereocenters. The predicted molar refractivity (Wildman–Crippen MR) is 77.7 cm³/mol. The molecule has 1 saturated heterocycles. The number of halogens is 3. The Kier molecular flexibility index (Phi) is 3.80. The summed E-state index contributed by atoms with van der Waals surface area (Å²) >= 11 is 0. The van der Waals surface area contributed by atoms with E-state index in [4.69, 9.17) is 5.73 Å². The number of nitrogens with one attached hydrogen (secondary N) is 1. The van der Waals surface area contributed by atoms with Crippen molar-refractivity contribution in [3.8, 4) is 0 Å². The van der Waals surface area contributed by atoms with Crippen molar-refractivity contribution >= 4 is 22.5 Å². The van der Waals surface area contributed by atoms with E-state index in [2.05, 4.69) is 15.5 Å². The third-order valence-corrected chi connectivity index (χ3v) is 3.78. The van der Waals surface area contributed by atoms with Crippen LogP contribution in [0.1, 0.15) is 5.56 Å². The number of aromatic nitrogens is 2. The van der Waals surface area contributed by atoms with Gasteiger partial charge in [-0.1, -0.05) is 0 Å². The Labute approximate surface area is 129 Å².